The normalized spacial score (nSPS) is 19.5. The molecular weight excluding hydrogens is 234 g/mol. The van der Waals surface area contributed by atoms with E-state index in [1.165, 1.54) is 0 Å². The lowest BCUT2D eigenvalue weighted by Gasteiger charge is -2.08. The fourth-order valence-electron chi connectivity index (χ4n) is 1.45. The molecule has 1 aliphatic rings. The Morgan fingerprint density at radius 2 is 2.38 bits per heavy atom. The third-order valence-electron chi connectivity index (χ3n) is 2.11. The maximum atomic E-state index is 5.82. The van der Waals surface area contributed by atoms with Crippen molar-refractivity contribution in [2.75, 3.05) is 13.7 Å². The molecule has 1 aromatic rings. The van der Waals surface area contributed by atoms with Crippen molar-refractivity contribution in [3.05, 3.63) is 22.2 Å². The molecule has 0 aromatic heterocycles. The first kappa shape index (κ1) is 8.84. The smallest absolute Gasteiger partial charge is 0.175 e. The number of nitrogens with two attached hydrogens (primary N) is 1. The summed E-state index contributed by atoms with van der Waals surface area (Å²) in [5.41, 5.74) is 6.84. The average molecular weight is 244 g/mol. The number of rotatable bonds is 1. The molecule has 0 fully saturated rings. The monoisotopic (exact) mass is 243 g/mol. The molecule has 0 aliphatic carbocycles. The van der Waals surface area contributed by atoms with Crippen molar-refractivity contribution in [2.45, 2.75) is 6.04 Å². The Morgan fingerprint density at radius 3 is 3.08 bits per heavy atom. The summed E-state index contributed by atoms with van der Waals surface area (Å²) in [5, 5.41) is 0. The van der Waals surface area contributed by atoms with Crippen LogP contribution in [0.15, 0.2) is 16.6 Å². The van der Waals surface area contributed by atoms with Crippen LogP contribution in [-0.4, -0.2) is 13.7 Å². The van der Waals surface area contributed by atoms with E-state index in [0.717, 1.165) is 21.5 Å². The summed E-state index contributed by atoms with van der Waals surface area (Å²) in [6.07, 6.45) is 0. The summed E-state index contributed by atoms with van der Waals surface area (Å²) < 4.78 is 11.5. The molecule has 0 radical (unpaired) electrons. The van der Waals surface area contributed by atoms with Gasteiger partial charge in [-0.15, -0.1) is 0 Å². The summed E-state index contributed by atoms with van der Waals surface area (Å²) in [6, 6.07) is 3.85. The largest absolute Gasteiger partial charge is 0.492 e. The van der Waals surface area contributed by atoms with Crippen LogP contribution < -0.4 is 15.2 Å². The molecule has 0 amide bonds. The first-order valence-electron chi connectivity index (χ1n) is 3.99. The molecule has 2 N–H and O–H groups in total. The van der Waals surface area contributed by atoms with Crippen molar-refractivity contribution in [3.8, 4) is 11.5 Å². The van der Waals surface area contributed by atoms with Gasteiger partial charge < -0.3 is 15.2 Å². The molecule has 3 nitrogen and oxygen atoms in total. The number of methoxy groups -OCH3 is 1. The van der Waals surface area contributed by atoms with Gasteiger partial charge in [0, 0.05) is 5.56 Å². The van der Waals surface area contributed by atoms with Crippen LogP contribution in [0.4, 0.5) is 0 Å². The van der Waals surface area contributed by atoms with E-state index in [9.17, 15) is 0 Å². The highest BCUT2D eigenvalue weighted by Crippen LogP contribution is 2.43. The van der Waals surface area contributed by atoms with Gasteiger partial charge in [-0.05, 0) is 22.0 Å². The molecule has 0 saturated heterocycles. The van der Waals surface area contributed by atoms with Gasteiger partial charge in [-0.25, -0.2) is 0 Å². The molecule has 0 spiro atoms. The van der Waals surface area contributed by atoms with Crippen LogP contribution >= 0.6 is 15.9 Å². The summed E-state index contributed by atoms with van der Waals surface area (Å²) in [4.78, 5) is 0. The topological polar surface area (TPSA) is 44.5 Å². The zero-order chi connectivity index (χ0) is 9.42. The SMILES string of the molecule is COc1c(Br)ccc2c1OCC2N. The van der Waals surface area contributed by atoms with Gasteiger partial charge in [-0.3, -0.25) is 0 Å². The van der Waals surface area contributed by atoms with Crippen molar-refractivity contribution in [1.82, 2.24) is 0 Å². The number of halogens is 1. The maximum absolute atomic E-state index is 5.82. The van der Waals surface area contributed by atoms with E-state index in [2.05, 4.69) is 15.9 Å². The van der Waals surface area contributed by atoms with E-state index in [4.69, 9.17) is 15.2 Å². The van der Waals surface area contributed by atoms with Crippen molar-refractivity contribution in [1.29, 1.82) is 0 Å². The van der Waals surface area contributed by atoms with E-state index >= 15 is 0 Å². The second-order valence-electron chi connectivity index (χ2n) is 2.92. The van der Waals surface area contributed by atoms with Crippen LogP contribution in [-0.2, 0) is 0 Å². The minimum atomic E-state index is -0.0306. The second-order valence-corrected chi connectivity index (χ2v) is 3.77. The molecule has 0 bridgehead atoms. The lowest BCUT2D eigenvalue weighted by Crippen LogP contribution is -2.10. The van der Waals surface area contributed by atoms with Crippen LogP contribution in [0.3, 0.4) is 0 Å². The van der Waals surface area contributed by atoms with E-state index in [0.29, 0.717) is 6.61 Å². The third-order valence-corrected chi connectivity index (χ3v) is 2.73. The zero-order valence-corrected chi connectivity index (χ0v) is 8.80. The first-order chi connectivity index (χ1) is 6.24. The number of hydrogen-bond acceptors (Lipinski definition) is 3. The molecule has 0 saturated carbocycles. The van der Waals surface area contributed by atoms with Crippen LogP contribution in [0.1, 0.15) is 11.6 Å². The van der Waals surface area contributed by atoms with Gasteiger partial charge in [-0.2, -0.15) is 0 Å². The number of ether oxygens (including phenoxy) is 2. The molecule has 1 aliphatic heterocycles. The van der Waals surface area contributed by atoms with Gasteiger partial charge in [0.05, 0.1) is 17.6 Å². The van der Waals surface area contributed by atoms with Crippen molar-refractivity contribution in [3.63, 3.8) is 0 Å². The van der Waals surface area contributed by atoms with Crippen LogP contribution in [0.25, 0.3) is 0 Å². The molecule has 70 valence electrons. The molecule has 4 heteroatoms. The molecular formula is C9H10BrNO2. The number of hydrogen-bond donors (Lipinski definition) is 1. The molecule has 2 rings (SSSR count). The Bertz CT molecular complexity index is 341. The number of fused-ring (bicyclic) bond motifs is 1. The van der Waals surface area contributed by atoms with Gasteiger partial charge in [0.25, 0.3) is 0 Å². The van der Waals surface area contributed by atoms with Crippen molar-refractivity contribution < 1.29 is 9.47 Å². The Morgan fingerprint density at radius 1 is 1.62 bits per heavy atom. The molecule has 13 heavy (non-hydrogen) atoms. The van der Waals surface area contributed by atoms with Gasteiger partial charge in [0.1, 0.15) is 6.61 Å². The summed E-state index contributed by atoms with van der Waals surface area (Å²) in [7, 11) is 1.62. The summed E-state index contributed by atoms with van der Waals surface area (Å²) in [5.74, 6) is 1.50. The van der Waals surface area contributed by atoms with E-state index in [1.54, 1.807) is 7.11 Å². The Balaban J connectivity index is 2.57. The number of benzene rings is 1. The lowest BCUT2D eigenvalue weighted by molar-refractivity contribution is 0.310. The second kappa shape index (κ2) is 3.20. The van der Waals surface area contributed by atoms with Gasteiger partial charge in [-0.1, -0.05) is 6.07 Å². The Kier molecular flexibility index (Phi) is 2.17. The van der Waals surface area contributed by atoms with Gasteiger partial charge >= 0.3 is 0 Å². The fraction of sp³-hybridized carbons (Fsp3) is 0.333. The third kappa shape index (κ3) is 1.30. The van der Waals surface area contributed by atoms with Gasteiger partial charge in [0.2, 0.25) is 0 Å². The van der Waals surface area contributed by atoms with Crippen molar-refractivity contribution in [2.24, 2.45) is 5.73 Å². The predicted molar refractivity (Wildman–Crippen MR) is 53.1 cm³/mol. The highest BCUT2D eigenvalue weighted by atomic mass is 79.9. The van der Waals surface area contributed by atoms with Crippen LogP contribution in [0, 0.1) is 0 Å². The quantitative estimate of drug-likeness (QED) is 0.819. The predicted octanol–water partition coefficient (Wildman–Crippen LogP) is 1.85. The Labute approximate surface area is 85.0 Å². The van der Waals surface area contributed by atoms with Crippen LogP contribution in [0.5, 0.6) is 11.5 Å². The summed E-state index contributed by atoms with van der Waals surface area (Å²) >= 11 is 3.38. The molecule has 1 unspecified atom stereocenters. The minimum Gasteiger partial charge on any atom is -0.492 e. The fourth-order valence-corrected chi connectivity index (χ4v) is 1.92. The van der Waals surface area contributed by atoms with E-state index in [1.807, 2.05) is 12.1 Å². The zero-order valence-electron chi connectivity index (χ0n) is 7.21. The average Bonchev–Trinajstić information content (AvgIpc) is 2.48. The molecule has 1 atom stereocenters. The molecule has 1 heterocycles. The highest BCUT2D eigenvalue weighted by molar-refractivity contribution is 9.10. The summed E-state index contributed by atoms with van der Waals surface area (Å²) in [6.45, 7) is 0.530. The highest BCUT2D eigenvalue weighted by Gasteiger charge is 2.25. The maximum Gasteiger partial charge on any atom is 0.175 e. The van der Waals surface area contributed by atoms with E-state index in [-0.39, 0.29) is 6.04 Å². The standard InChI is InChI=1S/C9H10BrNO2/c1-12-9-6(10)3-2-5-7(11)4-13-8(5)9/h2-3,7H,4,11H2,1H3. The Hall–Kier alpha value is -0.740. The van der Waals surface area contributed by atoms with E-state index < -0.39 is 0 Å². The van der Waals surface area contributed by atoms with Gasteiger partial charge in [0.15, 0.2) is 11.5 Å². The van der Waals surface area contributed by atoms with Crippen LogP contribution in [0.2, 0.25) is 0 Å². The molecule has 1 aromatic carbocycles. The van der Waals surface area contributed by atoms with Crippen molar-refractivity contribution >= 4 is 15.9 Å². The minimum absolute atomic E-state index is 0.0306. The lowest BCUT2D eigenvalue weighted by atomic mass is 10.1. The first-order valence-corrected chi connectivity index (χ1v) is 4.78.